The minimum Gasteiger partial charge on any atom is -0.466 e. The molecule has 1 aliphatic carbocycles. The Morgan fingerprint density at radius 3 is 2.94 bits per heavy atom. The fraction of sp³-hybridized carbons (Fsp3) is 0.692. The minimum atomic E-state index is -0.212. The summed E-state index contributed by atoms with van der Waals surface area (Å²) < 4.78 is 4.91. The highest BCUT2D eigenvalue weighted by Gasteiger charge is 2.38. The molecule has 0 spiro atoms. The molecule has 1 aromatic rings. The molecule has 0 bridgehead atoms. The van der Waals surface area contributed by atoms with Crippen molar-refractivity contribution in [2.75, 3.05) is 11.9 Å². The summed E-state index contributed by atoms with van der Waals surface area (Å²) in [5, 5.41) is 6.27. The highest BCUT2D eigenvalue weighted by molar-refractivity contribution is 7.13. The fourth-order valence-electron chi connectivity index (χ4n) is 1.99. The van der Waals surface area contributed by atoms with Crippen molar-refractivity contribution in [2.24, 2.45) is 5.92 Å². The summed E-state index contributed by atoms with van der Waals surface area (Å²) in [6.45, 7) is 6.64. The number of carbonyl (C=O) groups is 1. The van der Waals surface area contributed by atoms with Gasteiger partial charge in [0, 0.05) is 10.9 Å². The van der Waals surface area contributed by atoms with Gasteiger partial charge in [-0.1, -0.05) is 0 Å². The summed E-state index contributed by atoms with van der Waals surface area (Å²) in [6, 6.07) is 0. The summed E-state index contributed by atoms with van der Waals surface area (Å²) >= 11 is 1.55. The lowest BCUT2D eigenvalue weighted by Crippen LogP contribution is -2.33. The van der Waals surface area contributed by atoms with Crippen LogP contribution in [0.15, 0.2) is 5.38 Å². The Balaban J connectivity index is 1.91. The van der Waals surface area contributed by atoms with E-state index in [0.717, 1.165) is 16.7 Å². The number of thiazole rings is 1. The lowest BCUT2D eigenvalue weighted by atomic mass is 9.99. The van der Waals surface area contributed by atoms with E-state index in [9.17, 15) is 4.79 Å². The predicted molar refractivity (Wildman–Crippen MR) is 72.9 cm³/mol. The molecule has 5 heteroatoms. The number of esters is 1. The molecule has 0 amide bonds. The largest absolute Gasteiger partial charge is 0.466 e. The zero-order valence-electron chi connectivity index (χ0n) is 11.2. The second-order valence-corrected chi connectivity index (χ2v) is 6.10. The first kappa shape index (κ1) is 13.3. The molecule has 0 radical (unpaired) electrons. The zero-order valence-corrected chi connectivity index (χ0v) is 12.0. The summed E-state index contributed by atoms with van der Waals surface area (Å²) in [5.41, 5.74) is 0.881. The van der Waals surface area contributed by atoms with Gasteiger partial charge in [0.15, 0.2) is 5.13 Å². The molecule has 2 rings (SSSR count). The van der Waals surface area contributed by atoms with Gasteiger partial charge in [-0.25, -0.2) is 4.98 Å². The van der Waals surface area contributed by atoms with Crippen molar-refractivity contribution in [1.29, 1.82) is 0 Å². The summed E-state index contributed by atoms with van der Waals surface area (Å²) in [4.78, 5) is 15.8. The van der Waals surface area contributed by atoms with Crippen LogP contribution in [0.1, 0.15) is 39.3 Å². The third kappa shape index (κ3) is 3.45. The molecule has 1 saturated carbocycles. The third-order valence-corrected chi connectivity index (χ3v) is 4.02. The molecule has 1 heterocycles. The Morgan fingerprint density at radius 1 is 1.61 bits per heavy atom. The quantitative estimate of drug-likeness (QED) is 0.806. The molecule has 1 N–H and O–H groups in total. The summed E-state index contributed by atoms with van der Waals surface area (Å²) in [6.07, 6.45) is 2.85. The van der Waals surface area contributed by atoms with E-state index in [1.807, 2.05) is 12.3 Å². The third-order valence-electron chi connectivity index (χ3n) is 3.21. The van der Waals surface area contributed by atoms with Gasteiger partial charge >= 0.3 is 5.97 Å². The fourth-order valence-corrected chi connectivity index (χ4v) is 2.86. The summed E-state index contributed by atoms with van der Waals surface area (Å²) in [7, 11) is 0. The van der Waals surface area contributed by atoms with Crippen LogP contribution in [-0.2, 0) is 16.0 Å². The molecule has 100 valence electrons. The number of hydrogen-bond donors (Lipinski definition) is 1. The lowest BCUT2D eigenvalue weighted by Gasteiger charge is -2.25. The van der Waals surface area contributed by atoms with E-state index in [2.05, 4.69) is 24.1 Å². The molecule has 4 nitrogen and oxygen atoms in total. The number of carbonyl (C=O) groups excluding carboxylic acids is 1. The smallest absolute Gasteiger partial charge is 0.311 e. The maximum Gasteiger partial charge on any atom is 0.311 e. The highest BCUT2D eigenvalue weighted by Crippen LogP contribution is 2.41. The van der Waals surface area contributed by atoms with Crippen molar-refractivity contribution < 1.29 is 9.53 Å². The first-order valence-corrected chi connectivity index (χ1v) is 7.27. The van der Waals surface area contributed by atoms with Gasteiger partial charge in [-0.15, -0.1) is 11.3 Å². The van der Waals surface area contributed by atoms with Crippen molar-refractivity contribution >= 4 is 22.4 Å². The maximum absolute atomic E-state index is 11.3. The average molecular weight is 268 g/mol. The Bertz CT molecular complexity index is 424. The van der Waals surface area contributed by atoms with Gasteiger partial charge in [0.1, 0.15) is 0 Å². The van der Waals surface area contributed by atoms with Crippen LogP contribution in [0.4, 0.5) is 5.13 Å². The number of nitrogens with zero attached hydrogens (tertiary/aromatic N) is 1. The molecule has 0 aromatic carbocycles. The van der Waals surface area contributed by atoms with Gasteiger partial charge in [0.25, 0.3) is 0 Å². The van der Waals surface area contributed by atoms with Gasteiger partial charge < -0.3 is 10.1 Å². The second kappa shape index (κ2) is 5.26. The maximum atomic E-state index is 11.3. The first-order chi connectivity index (χ1) is 8.51. The van der Waals surface area contributed by atoms with Gasteiger partial charge in [-0.05, 0) is 39.5 Å². The van der Waals surface area contributed by atoms with Gasteiger partial charge in [0.05, 0.1) is 18.7 Å². The Labute approximate surface area is 112 Å². The van der Waals surface area contributed by atoms with Gasteiger partial charge in [-0.3, -0.25) is 4.79 Å². The monoisotopic (exact) mass is 268 g/mol. The van der Waals surface area contributed by atoms with Crippen molar-refractivity contribution in [3.8, 4) is 0 Å². The topological polar surface area (TPSA) is 51.2 Å². The molecule has 0 unspecified atom stereocenters. The van der Waals surface area contributed by atoms with Crippen molar-refractivity contribution in [2.45, 2.75) is 45.6 Å². The van der Waals surface area contributed by atoms with E-state index >= 15 is 0 Å². The van der Waals surface area contributed by atoms with Crippen LogP contribution in [0.5, 0.6) is 0 Å². The SMILES string of the molecule is CCOC(=O)Cc1csc(NC(C)(C)C2CC2)n1. The molecule has 1 aliphatic rings. The van der Waals surface area contributed by atoms with E-state index < -0.39 is 0 Å². The van der Waals surface area contributed by atoms with Crippen molar-refractivity contribution in [1.82, 2.24) is 4.98 Å². The molecule has 1 fully saturated rings. The summed E-state index contributed by atoms with van der Waals surface area (Å²) in [5.74, 6) is 0.533. The molecule has 0 atom stereocenters. The van der Waals surface area contributed by atoms with Crippen molar-refractivity contribution in [3.63, 3.8) is 0 Å². The van der Waals surface area contributed by atoms with Gasteiger partial charge in [0.2, 0.25) is 0 Å². The standard InChI is InChI=1S/C13H20N2O2S/c1-4-17-11(16)7-10-8-18-12(14-10)15-13(2,3)9-5-6-9/h8-9H,4-7H2,1-3H3,(H,14,15). The number of rotatable bonds is 6. The van der Waals surface area contributed by atoms with Crippen LogP contribution in [0, 0.1) is 5.92 Å². The molecule has 0 aliphatic heterocycles. The van der Waals surface area contributed by atoms with E-state index in [-0.39, 0.29) is 17.9 Å². The Kier molecular flexibility index (Phi) is 3.90. The molecule has 18 heavy (non-hydrogen) atoms. The van der Waals surface area contributed by atoms with E-state index in [1.54, 1.807) is 11.3 Å². The number of anilines is 1. The van der Waals surface area contributed by atoms with Crippen LogP contribution < -0.4 is 5.32 Å². The van der Waals surface area contributed by atoms with Crippen LogP contribution >= 0.6 is 11.3 Å². The van der Waals surface area contributed by atoms with Crippen LogP contribution in [-0.4, -0.2) is 23.1 Å². The lowest BCUT2D eigenvalue weighted by molar-refractivity contribution is -0.142. The van der Waals surface area contributed by atoms with Crippen molar-refractivity contribution in [3.05, 3.63) is 11.1 Å². The molecule has 0 saturated heterocycles. The zero-order chi connectivity index (χ0) is 13.2. The highest BCUT2D eigenvalue weighted by atomic mass is 32.1. The van der Waals surface area contributed by atoms with E-state index in [1.165, 1.54) is 12.8 Å². The Morgan fingerprint density at radius 2 is 2.33 bits per heavy atom. The predicted octanol–water partition coefficient (Wildman–Crippen LogP) is 2.85. The average Bonchev–Trinajstić information content (AvgIpc) is 3.04. The van der Waals surface area contributed by atoms with Crippen LogP contribution in [0.3, 0.4) is 0 Å². The van der Waals surface area contributed by atoms with E-state index in [0.29, 0.717) is 6.61 Å². The van der Waals surface area contributed by atoms with E-state index in [4.69, 9.17) is 4.74 Å². The number of aromatic nitrogens is 1. The number of nitrogens with one attached hydrogen (secondary N) is 1. The normalized spacial score (nSPS) is 15.5. The van der Waals surface area contributed by atoms with Gasteiger partial charge in [-0.2, -0.15) is 0 Å². The number of ether oxygens (including phenoxy) is 1. The first-order valence-electron chi connectivity index (χ1n) is 6.39. The second-order valence-electron chi connectivity index (χ2n) is 5.25. The van der Waals surface area contributed by atoms with Crippen LogP contribution in [0.2, 0.25) is 0 Å². The van der Waals surface area contributed by atoms with Crippen LogP contribution in [0.25, 0.3) is 0 Å². The molecular weight excluding hydrogens is 248 g/mol. The molecular formula is C13H20N2O2S. The Hall–Kier alpha value is -1.10. The molecule has 1 aromatic heterocycles. The number of hydrogen-bond acceptors (Lipinski definition) is 5. The minimum absolute atomic E-state index is 0.0963.